The van der Waals surface area contributed by atoms with E-state index in [2.05, 4.69) is 17.0 Å². The van der Waals surface area contributed by atoms with E-state index in [0.29, 0.717) is 39.7 Å². The summed E-state index contributed by atoms with van der Waals surface area (Å²) in [5.41, 5.74) is 2.95. The Kier molecular flexibility index (Phi) is 5.24. The molecule has 2 fully saturated rings. The number of halogens is 1. The van der Waals surface area contributed by atoms with Gasteiger partial charge >= 0.3 is 0 Å². The quantitative estimate of drug-likeness (QED) is 0.377. The molecule has 0 unspecified atom stereocenters. The number of anilines is 3. The lowest BCUT2D eigenvalue weighted by Gasteiger charge is -2.37. The van der Waals surface area contributed by atoms with Gasteiger partial charge in [0, 0.05) is 54.4 Å². The second-order valence-corrected chi connectivity index (χ2v) is 10.2. The Morgan fingerprint density at radius 1 is 1.11 bits per heavy atom. The maximum Gasteiger partial charge on any atom is 0.258 e. The molecule has 2 aromatic heterocycles. The van der Waals surface area contributed by atoms with E-state index in [0.717, 1.165) is 29.6 Å². The molecule has 36 heavy (non-hydrogen) atoms. The molecule has 1 saturated heterocycles. The van der Waals surface area contributed by atoms with Gasteiger partial charge in [0.15, 0.2) is 5.13 Å². The van der Waals surface area contributed by atoms with Crippen LogP contribution in [0.3, 0.4) is 0 Å². The monoisotopic (exact) mass is 496 g/mol. The van der Waals surface area contributed by atoms with Crippen LogP contribution in [0.2, 0.25) is 0 Å². The van der Waals surface area contributed by atoms with E-state index in [-0.39, 0.29) is 23.3 Å². The summed E-state index contributed by atoms with van der Waals surface area (Å²) < 4.78 is 15.3. The average Bonchev–Trinajstić information content (AvgIpc) is 3.61. The Morgan fingerprint density at radius 2 is 1.86 bits per heavy atom. The molecule has 4 aromatic rings. The first kappa shape index (κ1) is 22.3. The number of hydrogen-bond donors (Lipinski definition) is 0. The summed E-state index contributed by atoms with van der Waals surface area (Å²) >= 11 is 1.26. The number of pyridine rings is 1. The minimum Gasteiger partial charge on any atom is -0.369 e. The zero-order valence-corrected chi connectivity index (χ0v) is 20.3. The maximum absolute atomic E-state index is 13.5. The summed E-state index contributed by atoms with van der Waals surface area (Å²) in [6, 6.07) is 16.5. The molecule has 3 heterocycles. The van der Waals surface area contributed by atoms with Gasteiger partial charge in [-0.25, -0.2) is 9.37 Å². The SMILES string of the molecule is CN(c1nc(-c2ccc(F)cc2)c(C#N)s1)c1cn(C2CC2)c(=O)c2ccc(N3CC(C#N)C3)cc12. The molecule has 1 aliphatic heterocycles. The Balaban J connectivity index is 1.47. The molecule has 9 heteroatoms. The van der Waals surface area contributed by atoms with E-state index in [1.165, 1.54) is 23.5 Å². The fraction of sp³-hybridized carbons (Fsp3) is 0.259. The van der Waals surface area contributed by atoms with Crippen molar-refractivity contribution in [1.82, 2.24) is 9.55 Å². The van der Waals surface area contributed by atoms with Crippen LogP contribution in [-0.4, -0.2) is 29.7 Å². The van der Waals surface area contributed by atoms with Crippen LogP contribution in [0.15, 0.2) is 53.5 Å². The predicted octanol–water partition coefficient (Wildman–Crippen LogP) is 5.20. The van der Waals surface area contributed by atoms with Crippen LogP contribution in [0.4, 0.5) is 20.9 Å². The molecule has 0 N–H and O–H groups in total. The van der Waals surface area contributed by atoms with Crippen molar-refractivity contribution in [3.8, 4) is 23.4 Å². The van der Waals surface area contributed by atoms with Crippen LogP contribution < -0.4 is 15.4 Å². The van der Waals surface area contributed by atoms with E-state index in [1.807, 2.05) is 40.9 Å². The summed E-state index contributed by atoms with van der Waals surface area (Å²) in [4.78, 5) is 22.5. The lowest BCUT2D eigenvalue weighted by molar-refractivity contribution is 0.505. The first-order valence-corrected chi connectivity index (χ1v) is 12.5. The van der Waals surface area contributed by atoms with Gasteiger partial charge in [-0.2, -0.15) is 10.5 Å². The first-order chi connectivity index (χ1) is 17.5. The maximum atomic E-state index is 13.5. The molecule has 178 valence electrons. The molecule has 7 nitrogen and oxygen atoms in total. The Bertz CT molecular complexity index is 1630. The number of hydrogen-bond acceptors (Lipinski definition) is 7. The number of thiazole rings is 1. The fourth-order valence-corrected chi connectivity index (χ4v) is 5.48. The summed E-state index contributed by atoms with van der Waals surface area (Å²) in [5.74, 6) is -0.326. The van der Waals surface area contributed by atoms with Crippen molar-refractivity contribution in [1.29, 1.82) is 10.5 Å². The van der Waals surface area contributed by atoms with E-state index in [1.54, 1.807) is 12.1 Å². The lowest BCUT2D eigenvalue weighted by Crippen LogP contribution is -2.46. The zero-order valence-electron chi connectivity index (χ0n) is 19.5. The summed E-state index contributed by atoms with van der Waals surface area (Å²) in [5, 5.41) is 20.9. The van der Waals surface area contributed by atoms with Crippen molar-refractivity contribution in [2.45, 2.75) is 18.9 Å². The highest BCUT2D eigenvalue weighted by atomic mass is 32.1. The highest BCUT2D eigenvalue weighted by molar-refractivity contribution is 7.16. The molecule has 1 saturated carbocycles. The van der Waals surface area contributed by atoms with E-state index >= 15 is 0 Å². The number of rotatable bonds is 5. The summed E-state index contributed by atoms with van der Waals surface area (Å²) in [7, 11) is 1.88. The number of aromatic nitrogens is 2. The van der Waals surface area contributed by atoms with Gasteiger partial charge in [-0.3, -0.25) is 4.79 Å². The summed E-state index contributed by atoms with van der Waals surface area (Å²) in [6.07, 6.45) is 3.84. The van der Waals surface area contributed by atoms with E-state index in [9.17, 15) is 14.4 Å². The van der Waals surface area contributed by atoms with Gasteiger partial charge in [-0.05, 0) is 55.3 Å². The average molecular weight is 497 g/mol. The number of benzene rings is 2. The fourth-order valence-electron chi connectivity index (χ4n) is 4.62. The van der Waals surface area contributed by atoms with E-state index < -0.39 is 0 Å². The van der Waals surface area contributed by atoms with Crippen molar-refractivity contribution in [2.75, 3.05) is 29.9 Å². The molecule has 0 spiro atoms. The minimum absolute atomic E-state index is 0.0152. The Labute approximate surface area is 210 Å². The number of fused-ring (bicyclic) bond motifs is 1. The van der Waals surface area contributed by atoms with Crippen molar-refractivity contribution in [2.24, 2.45) is 5.92 Å². The third-order valence-electron chi connectivity index (χ3n) is 6.86. The number of nitriles is 2. The molecule has 0 radical (unpaired) electrons. The lowest BCUT2D eigenvalue weighted by atomic mass is 10.00. The third-order valence-corrected chi connectivity index (χ3v) is 7.89. The molecular weight excluding hydrogens is 475 g/mol. The van der Waals surface area contributed by atoms with Crippen LogP contribution in [0.25, 0.3) is 22.0 Å². The smallest absolute Gasteiger partial charge is 0.258 e. The van der Waals surface area contributed by atoms with Crippen molar-refractivity contribution in [3.05, 3.63) is 69.7 Å². The Morgan fingerprint density at radius 3 is 2.53 bits per heavy atom. The van der Waals surface area contributed by atoms with Crippen molar-refractivity contribution < 1.29 is 4.39 Å². The molecule has 2 aromatic carbocycles. The van der Waals surface area contributed by atoms with E-state index in [4.69, 9.17) is 10.2 Å². The highest BCUT2D eigenvalue weighted by Gasteiger charge is 2.29. The van der Waals surface area contributed by atoms with Crippen LogP contribution in [0.5, 0.6) is 0 Å². The molecule has 6 rings (SSSR count). The van der Waals surface area contributed by atoms with Crippen LogP contribution >= 0.6 is 11.3 Å². The number of nitrogens with zero attached hydrogens (tertiary/aromatic N) is 6. The van der Waals surface area contributed by atoms with Crippen LogP contribution in [0, 0.1) is 34.4 Å². The van der Waals surface area contributed by atoms with Crippen molar-refractivity contribution in [3.63, 3.8) is 0 Å². The second-order valence-electron chi connectivity index (χ2n) is 9.27. The third kappa shape index (κ3) is 3.69. The van der Waals surface area contributed by atoms with Gasteiger partial charge in [0.25, 0.3) is 5.56 Å². The standard InChI is InChI=1S/C27H21FN6OS/c1-32(27-31-25(24(12-30)36-27)17-2-4-18(28)5-3-17)23-15-34(19-6-7-19)26(35)21-9-8-20(10-22(21)23)33-13-16(11-29)14-33/h2-5,8-10,15-16,19H,6-7,13-14H2,1H3. The topological polar surface area (TPSA) is 88.9 Å². The van der Waals surface area contributed by atoms with Gasteiger partial charge in [-0.1, -0.05) is 11.3 Å². The molecule has 0 bridgehead atoms. The Hall–Kier alpha value is -4.21. The van der Waals surface area contributed by atoms with Gasteiger partial charge in [0.1, 0.15) is 22.5 Å². The summed E-state index contributed by atoms with van der Waals surface area (Å²) in [6.45, 7) is 1.34. The minimum atomic E-state index is -0.349. The largest absolute Gasteiger partial charge is 0.369 e. The predicted molar refractivity (Wildman–Crippen MR) is 138 cm³/mol. The van der Waals surface area contributed by atoms with Crippen molar-refractivity contribution >= 4 is 38.6 Å². The van der Waals surface area contributed by atoms with Crippen LogP contribution in [0.1, 0.15) is 23.8 Å². The normalized spacial score (nSPS) is 15.4. The highest BCUT2D eigenvalue weighted by Crippen LogP contribution is 2.41. The molecule has 0 amide bonds. The second kappa shape index (κ2) is 8.47. The molecule has 1 aliphatic carbocycles. The molecule has 2 aliphatic rings. The zero-order chi connectivity index (χ0) is 25.0. The van der Waals surface area contributed by atoms with Gasteiger partial charge < -0.3 is 14.4 Å². The van der Waals surface area contributed by atoms with Gasteiger partial charge in [0.2, 0.25) is 0 Å². The van der Waals surface area contributed by atoms with Crippen LogP contribution in [-0.2, 0) is 0 Å². The van der Waals surface area contributed by atoms with Gasteiger partial charge in [-0.15, -0.1) is 0 Å². The molecule has 0 atom stereocenters. The molecular formula is C27H21FN6OS. The first-order valence-electron chi connectivity index (χ1n) is 11.7. The van der Waals surface area contributed by atoms with Gasteiger partial charge in [0.05, 0.1) is 17.7 Å².